The molecular weight excluding hydrogens is 426 g/mol. The van der Waals surface area contributed by atoms with Crippen LogP contribution in [0.2, 0.25) is 0 Å². The topological polar surface area (TPSA) is 95.0 Å². The molecule has 0 aliphatic carbocycles. The highest BCUT2D eigenvalue weighted by Gasteiger charge is 2.18. The van der Waals surface area contributed by atoms with Gasteiger partial charge in [-0.2, -0.15) is 5.10 Å². The molecule has 0 fully saturated rings. The molecule has 0 aliphatic rings. The molecule has 3 heterocycles. The smallest absolute Gasteiger partial charge is 0.232 e. The second kappa shape index (κ2) is 9.78. The van der Waals surface area contributed by atoms with Crippen LogP contribution in [0.1, 0.15) is 22.6 Å². The number of carbonyl (C=O) groups is 1. The van der Waals surface area contributed by atoms with Crippen molar-refractivity contribution in [2.24, 2.45) is 0 Å². The highest BCUT2D eigenvalue weighted by Crippen LogP contribution is 2.21. The fourth-order valence-electron chi connectivity index (χ4n) is 3.59. The molecular formula is C23H25N5O3S. The number of hydrogen-bond acceptors (Lipinski definition) is 5. The summed E-state index contributed by atoms with van der Waals surface area (Å²) >= 11 is 0. The Bertz CT molecular complexity index is 1190. The molecule has 0 radical (unpaired) electrons. The van der Waals surface area contributed by atoms with Crippen LogP contribution >= 0.6 is 0 Å². The third-order valence-electron chi connectivity index (χ3n) is 5.15. The van der Waals surface area contributed by atoms with Crippen molar-refractivity contribution < 1.29 is 13.5 Å². The highest BCUT2D eigenvalue weighted by atomic mass is 32.2. The van der Waals surface area contributed by atoms with Gasteiger partial charge in [-0.1, -0.05) is 23.4 Å². The Labute approximate surface area is 188 Å². The Morgan fingerprint density at radius 3 is 2.56 bits per heavy atom. The van der Waals surface area contributed by atoms with Gasteiger partial charge in [-0.25, -0.2) is 4.68 Å². The summed E-state index contributed by atoms with van der Waals surface area (Å²) in [4.78, 5) is 12.3. The van der Waals surface area contributed by atoms with Crippen LogP contribution in [-0.2, 0) is 27.8 Å². The van der Waals surface area contributed by atoms with Gasteiger partial charge < -0.3 is 14.4 Å². The maximum atomic E-state index is 12.8. The minimum atomic E-state index is -1.37. The van der Waals surface area contributed by atoms with Crippen molar-refractivity contribution in [2.75, 3.05) is 12.3 Å². The van der Waals surface area contributed by atoms with Gasteiger partial charge in [0, 0.05) is 40.9 Å². The summed E-state index contributed by atoms with van der Waals surface area (Å²) in [5.74, 6) is 1.50. The summed E-state index contributed by atoms with van der Waals surface area (Å²) in [5, 5.41) is 11.3. The molecule has 0 spiro atoms. The molecule has 0 saturated heterocycles. The van der Waals surface area contributed by atoms with Crippen molar-refractivity contribution in [3.05, 3.63) is 83.6 Å². The first-order valence-corrected chi connectivity index (χ1v) is 11.8. The zero-order valence-corrected chi connectivity index (χ0v) is 18.8. The van der Waals surface area contributed by atoms with E-state index >= 15 is 0 Å². The lowest BCUT2D eigenvalue weighted by Crippen LogP contribution is -2.30. The Kier molecular flexibility index (Phi) is 6.65. The number of benzene rings is 1. The van der Waals surface area contributed by atoms with Crippen molar-refractivity contribution in [3.63, 3.8) is 0 Å². The number of rotatable bonds is 9. The zero-order chi connectivity index (χ0) is 22.5. The lowest BCUT2D eigenvalue weighted by Gasteiger charge is -2.11. The summed E-state index contributed by atoms with van der Waals surface area (Å²) < 4.78 is 21.7. The molecule has 3 aromatic heterocycles. The van der Waals surface area contributed by atoms with Crippen LogP contribution in [0.5, 0.6) is 0 Å². The summed E-state index contributed by atoms with van der Waals surface area (Å²) in [5.41, 5.74) is 3.54. The maximum Gasteiger partial charge on any atom is 0.232 e. The standard InChI is InChI=1S/C23H25N5O3S/c1-17-21(18(2)31-26-17)10-11-24-22(29)16-32(30)15-19-14-25-28(20-8-4-3-5-9-20)23(19)27-12-6-7-13-27/h3-9,12-14H,10-11,15-16H2,1-2H3,(H,24,29)/t32-/m1/s1. The number of para-hydroxylation sites is 1. The molecule has 1 N–H and O–H groups in total. The number of amides is 1. The van der Waals surface area contributed by atoms with Crippen LogP contribution in [0.15, 0.2) is 65.6 Å². The van der Waals surface area contributed by atoms with Gasteiger partial charge in [0.1, 0.15) is 17.3 Å². The van der Waals surface area contributed by atoms with Gasteiger partial charge in [0.15, 0.2) is 0 Å². The van der Waals surface area contributed by atoms with Crippen LogP contribution < -0.4 is 5.32 Å². The molecule has 166 valence electrons. The predicted octanol–water partition coefficient (Wildman–Crippen LogP) is 2.88. The minimum absolute atomic E-state index is 0.0662. The first-order valence-electron chi connectivity index (χ1n) is 10.3. The number of aromatic nitrogens is 4. The number of hydrogen-bond donors (Lipinski definition) is 1. The van der Waals surface area contributed by atoms with Crippen LogP contribution in [0.4, 0.5) is 0 Å². The van der Waals surface area contributed by atoms with Gasteiger partial charge in [-0.15, -0.1) is 0 Å². The van der Waals surface area contributed by atoms with E-state index in [0.29, 0.717) is 13.0 Å². The number of nitrogens with one attached hydrogen (secondary N) is 1. The molecule has 0 bridgehead atoms. The summed E-state index contributed by atoms with van der Waals surface area (Å²) in [7, 11) is -1.37. The third kappa shape index (κ3) is 4.88. The lowest BCUT2D eigenvalue weighted by molar-refractivity contribution is -0.118. The molecule has 4 rings (SSSR count). The van der Waals surface area contributed by atoms with E-state index < -0.39 is 10.8 Å². The number of nitrogens with zero attached hydrogens (tertiary/aromatic N) is 4. The van der Waals surface area contributed by atoms with Gasteiger partial charge in [0.25, 0.3) is 0 Å². The molecule has 1 amide bonds. The molecule has 1 atom stereocenters. The minimum Gasteiger partial charge on any atom is -0.361 e. The number of aryl methyl sites for hydroxylation is 2. The first-order chi connectivity index (χ1) is 15.5. The Balaban J connectivity index is 1.41. The molecule has 0 unspecified atom stereocenters. The predicted molar refractivity (Wildman–Crippen MR) is 122 cm³/mol. The molecule has 0 saturated carbocycles. The van der Waals surface area contributed by atoms with Gasteiger partial charge in [0.2, 0.25) is 5.91 Å². The second-order valence-corrected chi connectivity index (χ2v) is 8.92. The number of carbonyl (C=O) groups excluding carboxylic acids is 1. The molecule has 32 heavy (non-hydrogen) atoms. The van der Waals surface area contributed by atoms with Crippen molar-refractivity contribution in [2.45, 2.75) is 26.0 Å². The fraction of sp³-hybridized carbons (Fsp3) is 0.261. The summed E-state index contributed by atoms with van der Waals surface area (Å²) in [6, 6.07) is 13.6. The van der Waals surface area contributed by atoms with E-state index in [1.54, 1.807) is 6.20 Å². The van der Waals surface area contributed by atoms with Crippen LogP contribution in [-0.4, -0.2) is 41.9 Å². The van der Waals surface area contributed by atoms with Crippen molar-refractivity contribution in [1.29, 1.82) is 0 Å². The van der Waals surface area contributed by atoms with E-state index in [-0.39, 0.29) is 17.4 Å². The summed E-state index contributed by atoms with van der Waals surface area (Å²) in [6.07, 6.45) is 6.19. The Hall–Kier alpha value is -3.46. The fourth-order valence-corrected chi connectivity index (χ4v) is 4.64. The molecule has 9 heteroatoms. The maximum absolute atomic E-state index is 12.8. The van der Waals surface area contributed by atoms with Crippen molar-refractivity contribution in [1.82, 2.24) is 24.8 Å². The van der Waals surface area contributed by atoms with Gasteiger partial charge in [-0.05, 0) is 44.5 Å². The summed E-state index contributed by atoms with van der Waals surface area (Å²) in [6.45, 7) is 4.17. The van der Waals surface area contributed by atoms with E-state index in [4.69, 9.17) is 4.52 Å². The quantitative estimate of drug-likeness (QED) is 0.422. The largest absolute Gasteiger partial charge is 0.361 e. The van der Waals surface area contributed by atoms with Gasteiger partial charge in [0.05, 0.1) is 23.3 Å². The van der Waals surface area contributed by atoms with E-state index in [2.05, 4.69) is 15.6 Å². The van der Waals surface area contributed by atoms with Crippen molar-refractivity contribution >= 4 is 16.7 Å². The van der Waals surface area contributed by atoms with E-state index in [0.717, 1.165) is 34.1 Å². The third-order valence-corrected chi connectivity index (χ3v) is 6.37. The molecule has 1 aromatic carbocycles. The molecule has 4 aromatic rings. The molecule has 0 aliphatic heterocycles. The monoisotopic (exact) mass is 451 g/mol. The van der Waals surface area contributed by atoms with E-state index in [9.17, 15) is 9.00 Å². The Morgan fingerprint density at radius 2 is 1.88 bits per heavy atom. The van der Waals surface area contributed by atoms with Crippen molar-refractivity contribution in [3.8, 4) is 11.5 Å². The van der Waals surface area contributed by atoms with E-state index in [1.807, 2.05) is 78.0 Å². The first kappa shape index (κ1) is 21.8. The normalized spacial score (nSPS) is 12.1. The lowest BCUT2D eigenvalue weighted by atomic mass is 10.1. The highest BCUT2D eigenvalue weighted by molar-refractivity contribution is 7.84. The Morgan fingerprint density at radius 1 is 1.12 bits per heavy atom. The van der Waals surface area contributed by atoms with Gasteiger partial charge >= 0.3 is 0 Å². The second-order valence-electron chi connectivity index (χ2n) is 7.46. The SMILES string of the molecule is Cc1noc(C)c1CCNC(=O)C[S@](=O)Cc1cnn(-c2ccccc2)c1-n1cccc1. The van der Waals surface area contributed by atoms with Crippen LogP contribution in [0, 0.1) is 13.8 Å². The van der Waals surface area contributed by atoms with Crippen LogP contribution in [0.3, 0.4) is 0 Å². The van der Waals surface area contributed by atoms with Crippen LogP contribution in [0.25, 0.3) is 11.5 Å². The average molecular weight is 452 g/mol. The molecule has 8 nitrogen and oxygen atoms in total. The zero-order valence-electron chi connectivity index (χ0n) is 18.0. The average Bonchev–Trinajstić information content (AvgIpc) is 3.51. The van der Waals surface area contributed by atoms with E-state index in [1.165, 1.54) is 0 Å². The van der Waals surface area contributed by atoms with Gasteiger partial charge in [-0.3, -0.25) is 9.00 Å².